The molecule has 0 aliphatic carbocycles. The number of hydrogen-bond donors (Lipinski definition) is 2. The number of morpholine rings is 1. The molecule has 3 aromatic rings. The van der Waals surface area contributed by atoms with Crippen molar-refractivity contribution in [3.8, 4) is 16.3 Å². The Kier molecular flexibility index (Phi) is 6.05. The van der Waals surface area contributed by atoms with E-state index in [2.05, 4.69) is 20.5 Å². The van der Waals surface area contributed by atoms with Crippen molar-refractivity contribution >= 4 is 34.5 Å². The monoisotopic (exact) mass is 440 g/mol. The van der Waals surface area contributed by atoms with Gasteiger partial charge in [-0.3, -0.25) is 9.59 Å². The molecule has 2 amide bonds. The number of primary amides is 1. The summed E-state index contributed by atoms with van der Waals surface area (Å²) >= 11 is 1.29. The van der Waals surface area contributed by atoms with Crippen molar-refractivity contribution in [1.29, 1.82) is 0 Å². The summed E-state index contributed by atoms with van der Waals surface area (Å²) in [6.45, 7) is 2.21. The van der Waals surface area contributed by atoms with Gasteiger partial charge in [0.25, 0.3) is 11.8 Å². The number of rotatable bonds is 6. The number of nitrogens with zero attached hydrogens (tertiary/aromatic N) is 4. The van der Waals surface area contributed by atoms with E-state index in [1.807, 2.05) is 12.1 Å². The van der Waals surface area contributed by atoms with E-state index in [0.29, 0.717) is 58.9 Å². The molecule has 1 aromatic carbocycles. The van der Waals surface area contributed by atoms with Gasteiger partial charge in [0.1, 0.15) is 9.88 Å². The lowest BCUT2D eigenvalue weighted by Gasteiger charge is -2.26. The number of methoxy groups -OCH3 is 1. The smallest absolute Gasteiger partial charge is 0.271 e. The van der Waals surface area contributed by atoms with E-state index in [4.69, 9.17) is 15.2 Å². The zero-order valence-electron chi connectivity index (χ0n) is 16.7. The number of ether oxygens (including phenoxy) is 2. The first kappa shape index (κ1) is 20.7. The van der Waals surface area contributed by atoms with Gasteiger partial charge in [-0.2, -0.15) is 5.10 Å². The number of nitrogens with one attached hydrogen (secondary N) is 1. The van der Waals surface area contributed by atoms with Crippen molar-refractivity contribution < 1.29 is 19.1 Å². The molecule has 10 nitrogen and oxygen atoms in total. The third-order valence-corrected chi connectivity index (χ3v) is 5.71. The quantitative estimate of drug-likeness (QED) is 0.594. The Morgan fingerprint density at radius 1 is 1.23 bits per heavy atom. The highest BCUT2D eigenvalue weighted by Crippen LogP contribution is 2.39. The lowest BCUT2D eigenvalue weighted by molar-refractivity contribution is 0.0306. The van der Waals surface area contributed by atoms with Gasteiger partial charge in [0.2, 0.25) is 0 Å². The van der Waals surface area contributed by atoms with Crippen LogP contribution in [0.4, 0.5) is 11.4 Å². The second-order valence-corrected chi connectivity index (χ2v) is 7.63. The van der Waals surface area contributed by atoms with Crippen LogP contribution < -0.4 is 15.8 Å². The molecule has 1 aliphatic rings. The third-order valence-electron chi connectivity index (χ3n) is 4.69. The van der Waals surface area contributed by atoms with Crippen LogP contribution in [0.5, 0.6) is 5.75 Å². The molecule has 160 valence electrons. The van der Waals surface area contributed by atoms with Crippen molar-refractivity contribution in [1.82, 2.24) is 20.1 Å². The predicted molar refractivity (Wildman–Crippen MR) is 115 cm³/mol. The minimum absolute atomic E-state index is 0.0163. The van der Waals surface area contributed by atoms with E-state index in [9.17, 15) is 9.59 Å². The molecule has 3 N–H and O–H groups in total. The van der Waals surface area contributed by atoms with E-state index < -0.39 is 5.91 Å². The van der Waals surface area contributed by atoms with E-state index in [1.165, 1.54) is 24.6 Å². The average Bonchev–Trinajstić information content (AvgIpc) is 3.29. The fourth-order valence-electron chi connectivity index (χ4n) is 3.20. The molecule has 0 spiro atoms. The van der Waals surface area contributed by atoms with Crippen molar-refractivity contribution in [2.45, 2.75) is 0 Å². The average molecular weight is 440 g/mol. The van der Waals surface area contributed by atoms with Crippen LogP contribution in [0.2, 0.25) is 0 Å². The topological polar surface area (TPSA) is 133 Å². The summed E-state index contributed by atoms with van der Waals surface area (Å²) in [6.07, 6.45) is 3.03. The van der Waals surface area contributed by atoms with Crippen molar-refractivity contribution in [3.05, 3.63) is 47.2 Å². The number of nitrogens with two attached hydrogens (primary N) is 1. The van der Waals surface area contributed by atoms with Crippen LogP contribution in [0.15, 0.2) is 36.7 Å². The van der Waals surface area contributed by atoms with Crippen LogP contribution in [0.3, 0.4) is 0 Å². The summed E-state index contributed by atoms with van der Waals surface area (Å²) in [6, 6.07) is 7.07. The highest BCUT2D eigenvalue weighted by molar-refractivity contribution is 7.17. The Balaban J connectivity index is 1.64. The van der Waals surface area contributed by atoms with Gasteiger partial charge in [-0.15, -0.1) is 16.4 Å². The van der Waals surface area contributed by atoms with Gasteiger partial charge in [0.15, 0.2) is 11.4 Å². The van der Waals surface area contributed by atoms with Crippen LogP contribution in [0, 0.1) is 0 Å². The van der Waals surface area contributed by atoms with Gasteiger partial charge in [-0.25, -0.2) is 4.98 Å². The van der Waals surface area contributed by atoms with Crippen molar-refractivity contribution in [2.24, 2.45) is 5.73 Å². The molecule has 1 saturated heterocycles. The number of para-hydroxylation sites is 1. The van der Waals surface area contributed by atoms with Gasteiger partial charge in [-0.05, 0) is 18.2 Å². The first-order chi connectivity index (χ1) is 15.1. The van der Waals surface area contributed by atoms with Crippen LogP contribution in [0.25, 0.3) is 10.6 Å². The number of hydrogen-bond acceptors (Lipinski definition) is 9. The number of aromatic nitrogens is 3. The maximum atomic E-state index is 12.7. The summed E-state index contributed by atoms with van der Waals surface area (Å²) in [7, 11) is 1.54. The zero-order valence-corrected chi connectivity index (χ0v) is 17.5. The van der Waals surface area contributed by atoms with Gasteiger partial charge in [0, 0.05) is 13.1 Å². The molecule has 4 rings (SSSR count). The molecule has 3 heterocycles. The molecule has 1 fully saturated rings. The lowest BCUT2D eigenvalue weighted by Crippen LogP contribution is -2.40. The van der Waals surface area contributed by atoms with Crippen molar-refractivity contribution in [3.63, 3.8) is 0 Å². The minimum atomic E-state index is -0.697. The summed E-state index contributed by atoms with van der Waals surface area (Å²) < 4.78 is 10.9. The molecule has 0 saturated carbocycles. The second-order valence-electron chi connectivity index (χ2n) is 6.60. The first-order valence-electron chi connectivity index (χ1n) is 9.47. The van der Waals surface area contributed by atoms with Gasteiger partial charge in [-0.1, -0.05) is 6.07 Å². The Labute approximate surface area is 182 Å². The Morgan fingerprint density at radius 2 is 2.03 bits per heavy atom. The molecular weight excluding hydrogens is 420 g/mol. The van der Waals surface area contributed by atoms with E-state index in [1.54, 1.807) is 23.2 Å². The second kappa shape index (κ2) is 9.06. The number of benzene rings is 1. The summed E-state index contributed by atoms with van der Waals surface area (Å²) in [5, 5.41) is 11.3. The number of carbonyl (C=O) groups excluding carboxylic acids is 2. The number of carbonyl (C=O) groups is 2. The van der Waals surface area contributed by atoms with Crippen LogP contribution in [0.1, 0.15) is 20.2 Å². The van der Waals surface area contributed by atoms with E-state index in [-0.39, 0.29) is 11.6 Å². The summed E-state index contributed by atoms with van der Waals surface area (Å²) in [5.41, 5.74) is 7.11. The molecular formula is C20H20N6O4S. The normalized spacial score (nSPS) is 13.6. The lowest BCUT2D eigenvalue weighted by atomic mass is 10.1. The van der Waals surface area contributed by atoms with Crippen molar-refractivity contribution in [2.75, 3.05) is 38.7 Å². The predicted octanol–water partition coefficient (Wildman–Crippen LogP) is 1.92. The molecule has 0 atom stereocenters. The Bertz CT molecular complexity index is 1110. The molecule has 31 heavy (non-hydrogen) atoms. The summed E-state index contributed by atoms with van der Waals surface area (Å²) in [5.74, 6) is -0.249. The first-order valence-corrected chi connectivity index (χ1v) is 10.3. The molecule has 0 bridgehead atoms. The molecule has 1 aliphatic heterocycles. The van der Waals surface area contributed by atoms with Crippen LogP contribution in [-0.2, 0) is 4.74 Å². The highest BCUT2D eigenvalue weighted by atomic mass is 32.1. The van der Waals surface area contributed by atoms with Gasteiger partial charge < -0.3 is 25.4 Å². The fraction of sp³-hybridized carbons (Fsp3) is 0.250. The molecule has 2 aromatic heterocycles. The maximum Gasteiger partial charge on any atom is 0.271 e. The number of thiazole rings is 1. The largest absolute Gasteiger partial charge is 0.494 e. The van der Waals surface area contributed by atoms with Crippen LogP contribution >= 0.6 is 11.3 Å². The van der Waals surface area contributed by atoms with E-state index >= 15 is 0 Å². The van der Waals surface area contributed by atoms with E-state index in [0.717, 1.165) is 0 Å². The Hall–Kier alpha value is -3.57. The molecule has 0 radical (unpaired) electrons. The van der Waals surface area contributed by atoms with Gasteiger partial charge >= 0.3 is 0 Å². The SMILES string of the molecule is COc1c(Nc2ccnnc2C(N)=O)cccc1-c1ncc(C(=O)N2CCOCC2)s1. The minimum Gasteiger partial charge on any atom is -0.494 e. The van der Waals surface area contributed by atoms with Gasteiger partial charge in [0.05, 0.1) is 49.7 Å². The van der Waals surface area contributed by atoms with Crippen LogP contribution in [-0.4, -0.2) is 65.3 Å². The highest BCUT2D eigenvalue weighted by Gasteiger charge is 2.22. The number of anilines is 2. The molecule has 11 heteroatoms. The fourth-order valence-corrected chi connectivity index (χ4v) is 4.11. The summed E-state index contributed by atoms with van der Waals surface area (Å²) in [4.78, 5) is 31.1. The number of amides is 2. The third kappa shape index (κ3) is 4.32. The molecule has 0 unspecified atom stereocenters. The Morgan fingerprint density at radius 3 is 2.77 bits per heavy atom. The zero-order chi connectivity index (χ0) is 21.8. The maximum absolute atomic E-state index is 12.7. The standard InChI is InChI=1S/C20H20N6O4S/c1-29-17-12(19-22-11-15(31-19)20(28)26-7-9-30-10-8-26)3-2-4-14(17)24-13-5-6-23-25-16(13)18(21)27/h2-6,11H,7-10H2,1H3,(H2,21,27)(H,23,24).